The summed E-state index contributed by atoms with van der Waals surface area (Å²) in [5.41, 5.74) is 5.63. The van der Waals surface area contributed by atoms with E-state index in [4.69, 9.17) is 5.73 Å². The van der Waals surface area contributed by atoms with Gasteiger partial charge in [-0.2, -0.15) is 0 Å². The molecular weight excluding hydrogens is 244 g/mol. The fourth-order valence-electron chi connectivity index (χ4n) is 2.25. The monoisotopic (exact) mass is 270 g/mol. The molecular formula is C13H26N4O2. The lowest BCUT2D eigenvalue weighted by molar-refractivity contribution is -0.132. The van der Waals surface area contributed by atoms with Crippen molar-refractivity contribution < 1.29 is 9.59 Å². The van der Waals surface area contributed by atoms with E-state index in [2.05, 4.69) is 0 Å². The van der Waals surface area contributed by atoms with Crippen molar-refractivity contribution in [1.82, 2.24) is 14.7 Å². The molecule has 6 heteroatoms. The van der Waals surface area contributed by atoms with E-state index in [9.17, 15) is 9.59 Å². The molecule has 0 aromatic carbocycles. The topological polar surface area (TPSA) is 69.9 Å². The average Bonchev–Trinajstić information content (AvgIpc) is 2.39. The maximum Gasteiger partial charge on any atom is 0.320 e. The molecule has 110 valence electrons. The Morgan fingerprint density at radius 2 is 1.58 bits per heavy atom. The molecule has 1 aliphatic heterocycles. The van der Waals surface area contributed by atoms with Crippen molar-refractivity contribution in [2.24, 2.45) is 5.73 Å². The summed E-state index contributed by atoms with van der Waals surface area (Å²) in [6.07, 6.45) is 0.379. The van der Waals surface area contributed by atoms with Crippen molar-refractivity contribution >= 4 is 11.9 Å². The first-order valence-corrected chi connectivity index (χ1v) is 7.06. The lowest BCUT2D eigenvalue weighted by Crippen LogP contribution is -2.54. The molecule has 1 rings (SSSR count). The van der Waals surface area contributed by atoms with Crippen LogP contribution < -0.4 is 5.73 Å². The molecule has 1 aliphatic rings. The number of nitrogens with zero attached hydrogens (tertiary/aromatic N) is 3. The average molecular weight is 270 g/mol. The van der Waals surface area contributed by atoms with Gasteiger partial charge < -0.3 is 20.4 Å². The van der Waals surface area contributed by atoms with Gasteiger partial charge in [-0.1, -0.05) is 0 Å². The summed E-state index contributed by atoms with van der Waals surface area (Å²) in [4.78, 5) is 29.4. The zero-order valence-electron chi connectivity index (χ0n) is 12.3. The smallest absolute Gasteiger partial charge is 0.320 e. The number of rotatable bonds is 4. The van der Waals surface area contributed by atoms with Crippen LogP contribution in [0.3, 0.4) is 0 Å². The lowest BCUT2D eigenvalue weighted by Gasteiger charge is -2.37. The Morgan fingerprint density at radius 3 is 2.00 bits per heavy atom. The van der Waals surface area contributed by atoms with Gasteiger partial charge >= 0.3 is 6.03 Å². The Kier molecular flexibility index (Phi) is 6.08. The quantitative estimate of drug-likeness (QED) is 0.800. The molecule has 3 amide bonds. The van der Waals surface area contributed by atoms with Gasteiger partial charge in [0.15, 0.2) is 0 Å². The molecule has 1 unspecified atom stereocenters. The number of hydrogen-bond donors (Lipinski definition) is 1. The van der Waals surface area contributed by atoms with Crippen molar-refractivity contribution in [3.05, 3.63) is 0 Å². The number of amides is 3. The number of piperazine rings is 1. The summed E-state index contributed by atoms with van der Waals surface area (Å²) in [5, 5.41) is 0. The molecule has 0 aromatic rings. The Labute approximate surface area is 115 Å². The first-order chi connectivity index (χ1) is 8.99. The number of urea groups is 1. The van der Waals surface area contributed by atoms with Gasteiger partial charge in [0.2, 0.25) is 5.91 Å². The summed E-state index contributed by atoms with van der Waals surface area (Å²) >= 11 is 0. The minimum absolute atomic E-state index is 0.0734. The van der Waals surface area contributed by atoms with E-state index in [0.717, 1.165) is 13.1 Å². The summed E-state index contributed by atoms with van der Waals surface area (Å²) in [5.74, 6) is 0.0879. The lowest BCUT2D eigenvalue weighted by atomic mass is 10.2. The van der Waals surface area contributed by atoms with Crippen LogP contribution in [0.5, 0.6) is 0 Å². The van der Waals surface area contributed by atoms with Crippen LogP contribution in [0.1, 0.15) is 27.2 Å². The second kappa shape index (κ2) is 7.33. The van der Waals surface area contributed by atoms with Gasteiger partial charge in [-0.05, 0) is 20.8 Å². The van der Waals surface area contributed by atoms with Crippen molar-refractivity contribution in [3.63, 3.8) is 0 Å². The molecule has 1 fully saturated rings. The summed E-state index contributed by atoms with van der Waals surface area (Å²) < 4.78 is 0. The normalized spacial score (nSPS) is 17.3. The van der Waals surface area contributed by atoms with Gasteiger partial charge in [0.05, 0.1) is 0 Å². The maximum absolute atomic E-state index is 12.1. The van der Waals surface area contributed by atoms with Gasteiger partial charge in [0.1, 0.15) is 0 Å². The fourth-order valence-corrected chi connectivity index (χ4v) is 2.25. The third kappa shape index (κ3) is 4.38. The highest BCUT2D eigenvalue weighted by Crippen LogP contribution is 2.07. The Bertz CT molecular complexity index is 308. The number of carbonyl (C=O) groups is 2. The van der Waals surface area contributed by atoms with Crippen LogP contribution in [-0.2, 0) is 4.79 Å². The SMILES string of the molecule is CCN(CC)C(=O)N1CCN(C(=O)CC(C)N)CC1. The van der Waals surface area contributed by atoms with E-state index in [1.54, 1.807) is 9.80 Å². The third-order valence-electron chi connectivity index (χ3n) is 3.43. The summed E-state index contributed by atoms with van der Waals surface area (Å²) in [6, 6.07) is -0.0351. The number of hydrogen-bond acceptors (Lipinski definition) is 3. The van der Waals surface area contributed by atoms with Crippen LogP contribution in [-0.4, -0.2) is 71.9 Å². The predicted molar refractivity (Wildman–Crippen MR) is 74.7 cm³/mol. The minimum atomic E-state index is -0.108. The Hall–Kier alpha value is -1.30. The van der Waals surface area contributed by atoms with Gasteiger partial charge in [-0.15, -0.1) is 0 Å². The predicted octanol–water partition coefficient (Wildman–Crippen LogP) is 0.330. The molecule has 0 aliphatic carbocycles. The second-order valence-corrected chi connectivity index (χ2v) is 5.00. The maximum atomic E-state index is 12.1. The molecule has 1 saturated heterocycles. The molecule has 0 bridgehead atoms. The Balaban J connectivity index is 2.44. The highest BCUT2D eigenvalue weighted by Gasteiger charge is 2.26. The molecule has 1 atom stereocenters. The molecule has 2 N–H and O–H groups in total. The van der Waals surface area contributed by atoms with Gasteiger partial charge in [-0.3, -0.25) is 4.79 Å². The third-order valence-corrected chi connectivity index (χ3v) is 3.43. The highest BCUT2D eigenvalue weighted by molar-refractivity contribution is 5.78. The van der Waals surface area contributed by atoms with Gasteiger partial charge in [0, 0.05) is 51.7 Å². The van der Waals surface area contributed by atoms with E-state index < -0.39 is 0 Å². The van der Waals surface area contributed by atoms with Crippen molar-refractivity contribution in [2.45, 2.75) is 33.2 Å². The molecule has 0 aromatic heterocycles. The minimum Gasteiger partial charge on any atom is -0.339 e. The van der Waals surface area contributed by atoms with Crippen LogP contribution in [0.15, 0.2) is 0 Å². The molecule has 0 radical (unpaired) electrons. The largest absolute Gasteiger partial charge is 0.339 e. The van der Waals surface area contributed by atoms with Gasteiger partial charge in [0.25, 0.3) is 0 Å². The number of nitrogens with two attached hydrogens (primary N) is 1. The van der Waals surface area contributed by atoms with Crippen LogP contribution in [0, 0.1) is 0 Å². The molecule has 19 heavy (non-hydrogen) atoms. The van der Waals surface area contributed by atoms with E-state index in [0.29, 0.717) is 32.6 Å². The van der Waals surface area contributed by atoms with Crippen LogP contribution in [0.25, 0.3) is 0 Å². The summed E-state index contributed by atoms with van der Waals surface area (Å²) in [7, 11) is 0. The van der Waals surface area contributed by atoms with Gasteiger partial charge in [-0.25, -0.2) is 4.79 Å². The molecule has 0 spiro atoms. The van der Waals surface area contributed by atoms with Crippen LogP contribution in [0.2, 0.25) is 0 Å². The molecule has 1 heterocycles. The fraction of sp³-hybridized carbons (Fsp3) is 0.846. The standard InChI is InChI=1S/C13H26N4O2/c1-4-15(5-2)13(19)17-8-6-16(7-9-17)12(18)10-11(3)14/h11H,4-10,14H2,1-3H3. The van der Waals surface area contributed by atoms with Crippen LogP contribution >= 0.6 is 0 Å². The van der Waals surface area contributed by atoms with Crippen LogP contribution in [0.4, 0.5) is 4.79 Å². The van der Waals surface area contributed by atoms with E-state index in [-0.39, 0.29) is 18.0 Å². The first kappa shape index (κ1) is 15.8. The first-order valence-electron chi connectivity index (χ1n) is 7.06. The van der Waals surface area contributed by atoms with Crippen molar-refractivity contribution in [2.75, 3.05) is 39.3 Å². The Morgan fingerprint density at radius 1 is 1.11 bits per heavy atom. The van der Waals surface area contributed by atoms with E-state index in [1.807, 2.05) is 25.7 Å². The van der Waals surface area contributed by atoms with Crippen molar-refractivity contribution in [3.8, 4) is 0 Å². The highest BCUT2D eigenvalue weighted by atomic mass is 16.2. The van der Waals surface area contributed by atoms with E-state index in [1.165, 1.54) is 0 Å². The molecule has 0 saturated carbocycles. The second-order valence-electron chi connectivity index (χ2n) is 5.00. The van der Waals surface area contributed by atoms with Crippen molar-refractivity contribution in [1.29, 1.82) is 0 Å². The zero-order chi connectivity index (χ0) is 14.4. The summed E-state index contributed by atoms with van der Waals surface area (Å²) in [6.45, 7) is 9.67. The van der Waals surface area contributed by atoms with E-state index >= 15 is 0 Å². The zero-order valence-corrected chi connectivity index (χ0v) is 12.3. The molecule has 6 nitrogen and oxygen atoms in total. The number of carbonyl (C=O) groups excluding carboxylic acids is 2.